The van der Waals surface area contributed by atoms with Crippen LogP contribution in [0.25, 0.3) is 22.6 Å². The van der Waals surface area contributed by atoms with Gasteiger partial charge in [0.15, 0.2) is 11.6 Å². The second kappa shape index (κ2) is 16.7. The molecule has 3 aromatic rings. The van der Waals surface area contributed by atoms with Crippen molar-refractivity contribution in [3.63, 3.8) is 0 Å². The predicted molar refractivity (Wildman–Crippen MR) is 200 cm³/mol. The molecular weight excluding hydrogens is 622 g/mol. The molecule has 2 heterocycles. The highest BCUT2D eigenvalue weighted by Gasteiger charge is 2.30. The van der Waals surface area contributed by atoms with E-state index in [-0.39, 0.29) is 28.8 Å². The molecule has 2 aliphatic heterocycles. The molecule has 0 bridgehead atoms. The van der Waals surface area contributed by atoms with Crippen LogP contribution in [0.3, 0.4) is 0 Å². The van der Waals surface area contributed by atoms with E-state index in [1.807, 2.05) is 36.4 Å². The Labute approximate surface area is 295 Å². The highest BCUT2D eigenvalue weighted by Crippen LogP contribution is 2.34. The van der Waals surface area contributed by atoms with Crippen molar-refractivity contribution in [2.75, 3.05) is 0 Å². The Morgan fingerprint density at radius 1 is 0.680 bits per heavy atom. The zero-order valence-electron chi connectivity index (χ0n) is 29.2. The molecule has 7 nitrogen and oxygen atoms in total. The summed E-state index contributed by atoms with van der Waals surface area (Å²) in [5.74, 6) is 1.19. The van der Waals surface area contributed by atoms with E-state index in [9.17, 15) is 19.8 Å². The third kappa shape index (κ3) is 8.62. The van der Waals surface area contributed by atoms with Gasteiger partial charge in [0, 0.05) is 30.5 Å². The van der Waals surface area contributed by atoms with Gasteiger partial charge in [0.05, 0.1) is 11.4 Å². The minimum absolute atomic E-state index is 0.0447. The Balaban J connectivity index is 1.08. The number of phenols is 2. The lowest BCUT2D eigenvalue weighted by Gasteiger charge is -2.24. The Morgan fingerprint density at radius 2 is 1.22 bits per heavy atom. The second-order valence-corrected chi connectivity index (χ2v) is 13.8. The lowest BCUT2D eigenvalue weighted by molar-refractivity contribution is -0.117. The Morgan fingerprint density at radius 3 is 1.84 bits per heavy atom. The number of Topliss-reactive ketones (excluding diaryl/α,β-unsaturated/α-hetero) is 1. The summed E-state index contributed by atoms with van der Waals surface area (Å²) in [5, 5.41) is 19.6. The van der Waals surface area contributed by atoms with Gasteiger partial charge in [0.1, 0.15) is 17.2 Å². The number of H-pyrrole nitrogens is 1. The number of carbonyl (C=O) groups excluding carboxylic acids is 1. The number of allylic oxidation sites excluding steroid dienone is 2. The fourth-order valence-electron chi connectivity index (χ4n) is 6.96. The van der Waals surface area contributed by atoms with Crippen LogP contribution in [0, 0.1) is 5.92 Å². The van der Waals surface area contributed by atoms with E-state index in [4.69, 9.17) is 4.98 Å². The van der Waals surface area contributed by atoms with Crippen molar-refractivity contribution in [3.8, 4) is 28.6 Å². The van der Waals surface area contributed by atoms with Crippen molar-refractivity contribution >= 4 is 11.4 Å². The Hall–Kier alpha value is -4.91. The van der Waals surface area contributed by atoms with Crippen molar-refractivity contribution < 1.29 is 15.0 Å². The molecule has 0 aromatic heterocycles. The average Bonchev–Trinajstić information content (AvgIpc) is 3.44. The molecule has 3 N–H and O–H groups in total. The summed E-state index contributed by atoms with van der Waals surface area (Å²) in [7, 11) is 0. The average molecular weight is 672 g/mol. The number of unbranched alkanes of at least 4 members (excludes halogenated alkanes) is 10. The fraction of sp³-hybridized carbons (Fsp3) is 0.372. The third-order valence-corrected chi connectivity index (χ3v) is 9.97. The number of hydrogen-bond donors (Lipinski definition) is 3. The van der Waals surface area contributed by atoms with Crippen LogP contribution in [0.1, 0.15) is 112 Å². The summed E-state index contributed by atoms with van der Waals surface area (Å²) in [6.45, 7) is 2.26. The van der Waals surface area contributed by atoms with Gasteiger partial charge in [-0.1, -0.05) is 120 Å². The van der Waals surface area contributed by atoms with E-state index < -0.39 is 0 Å². The van der Waals surface area contributed by atoms with E-state index >= 15 is 0 Å². The van der Waals surface area contributed by atoms with Gasteiger partial charge in [0.2, 0.25) is 0 Å². The van der Waals surface area contributed by atoms with Gasteiger partial charge >= 0.3 is 0 Å². The molecular formula is C43H49N3O4. The quantitative estimate of drug-likeness (QED) is 0.0805. The fourth-order valence-corrected chi connectivity index (χ4v) is 6.96. The molecule has 0 saturated heterocycles. The highest BCUT2D eigenvalue weighted by molar-refractivity contribution is 6.28. The van der Waals surface area contributed by atoms with Crippen LogP contribution in [0.5, 0.6) is 11.5 Å². The molecule has 3 aliphatic rings. The van der Waals surface area contributed by atoms with E-state index in [1.54, 1.807) is 47.2 Å². The Bertz CT molecular complexity index is 1920. The molecule has 7 heteroatoms. The molecule has 0 radical (unpaired) electrons. The second-order valence-electron chi connectivity index (χ2n) is 13.8. The van der Waals surface area contributed by atoms with Crippen LogP contribution in [0.4, 0.5) is 0 Å². The number of hydrogen-bond acceptors (Lipinski definition) is 5. The zero-order chi connectivity index (χ0) is 34.9. The molecule has 1 aliphatic carbocycles. The monoisotopic (exact) mass is 671 g/mol. The van der Waals surface area contributed by atoms with Gasteiger partial charge in [-0.05, 0) is 65.1 Å². The van der Waals surface area contributed by atoms with Crippen LogP contribution >= 0.6 is 0 Å². The van der Waals surface area contributed by atoms with Crippen LogP contribution in [0.15, 0.2) is 89.9 Å². The smallest absolute Gasteiger partial charge is 0.278 e. The number of carbonyl (C=O) groups is 1. The minimum Gasteiger partial charge on any atom is -0.508 e. The number of benzene rings is 3. The summed E-state index contributed by atoms with van der Waals surface area (Å²) < 4.78 is 1.59. The number of nitrogens with zero attached hydrogens (tertiary/aromatic N) is 2. The Kier molecular flexibility index (Phi) is 11.6. The number of phenolic OH excluding ortho intramolecular Hbond substituents is 2. The summed E-state index contributed by atoms with van der Waals surface area (Å²) in [6, 6.07) is 21.7. The molecule has 1 atom stereocenters. The molecule has 260 valence electrons. The van der Waals surface area contributed by atoms with Crippen molar-refractivity contribution in [2.45, 2.75) is 96.8 Å². The van der Waals surface area contributed by atoms with Crippen LogP contribution in [-0.4, -0.2) is 30.5 Å². The van der Waals surface area contributed by atoms with Gasteiger partial charge in [-0.25, -0.2) is 4.98 Å². The van der Waals surface area contributed by atoms with Crippen molar-refractivity contribution in [1.29, 1.82) is 0 Å². The molecule has 50 heavy (non-hydrogen) atoms. The van der Waals surface area contributed by atoms with Crippen molar-refractivity contribution in [3.05, 3.63) is 124 Å². The first kappa shape index (κ1) is 34.9. The summed E-state index contributed by atoms with van der Waals surface area (Å²) in [4.78, 5) is 34.9. The lowest BCUT2D eigenvalue weighted by Crippen LogP contribution is -2.23. The van der Waals surface area contributed by atoms with Gasteiger partial charge in [-0.3, -0.25) is 14.2 Å². The number of fused-ring (bicyclic) bond motifs is 1. The molecule has 6 rings (SSSR count). The zero-order valence-corrected chi connectivity index (χ0v) is 29.2. The largest absolute Gasteiger partial charge is 0.508 e. The first-order valence-electron chi connectivity index (χ1n) is 18.5. The molecule has 0 saturated carbocycles. The van der Waals surface area contributed by atoms with Crippen LogP contribution < -0.4 is 5.56 Å². The topological polar surface area (TPSA) is 108 Å². The standard InChI is InChI=1S/C43H49N3O4/c1-2-3-4-5-6-7-8-9-10-11-12-13-34-28-37(41(34)49)32-18-14-30(15-19-32)27-39-43(50)46-29-40(33-20-24-36(48)25-21-33)44-38(42(46)45-39)26-31-16-22-35(47)23-17-31/h14-25,28-29,34,44,47-48H,2-13,26-27H2,1H3. The SMILES string of the molecule is CCCCCCCCCCCCCC1C=C(c2ccc(Cc3nc4c(Cc5ccc(O)cc5)[nH]c(-c5ccc(O)cc5)cn-4c3=O)cc2)C1=O. The highest BCUT2D eigenvalue weighted by atomic mass is 16.3. The normalized spacial score (nSPS) is 14.2. The number of nitrogens with one attached hydrogen (secondary N) is 1. The summed E-state index contributed by atoms with van der Waals surface area (Å²) >= 11 is 0. The summed E-state index contributed by atoms with van der Waals surface area (Å²) in [5.41, 5.74) is 6.19. The van der Waals surface area contributed by atoms with Gasteiger partial charge in [0.25, 0.3) is 5.56 Å². The maximum atomic E-state index is 13.7. The first-order valence-corrected chi connectivity index (χ1v) is 18.5. The van der Waals surface area contributed by atoms with Gasteiger partial charge < -0.3 is 15.2 Å². The number of aromatic nitrogens is 3. The minimum atomic E-state index is -0.188. The van der Waals surface area contributed by atoms with Gasteiger partial charge in [-0.2, -0.15) is 0 Å². The number of imidazole rings is 1. The van der Waals surface area contributed by atoms with E-state index in [0.29, 0.717) is 24.4 Å². The van der Waals surface area contributed by atoms with Crippen molar-refractivity contribution in [1.82, 2.24) is 14.5 Å². The third-order valence-electron chi connectivity index (χ3n) is 9.97. The molecule has 0 fully saturated rings. The molecule has 0 spiro atoms. The molecule has 1 unspecified atom stereocenters. The summed E-state index contributed by atoms with van der Waals surface area (Å²) in [6.07, 6.45) is 20.1. The predicted octanol–water partition coefficient (Wildman–Crippen LogP) is 9.54. The van der Waals surface area contributed by atoms with E-state index in [2.05, 4.69) is 18.0 Å². The van der Waals surface area contributed by atoms with E-state index in [1.165, 1.54) is 64.2 Å². The van der Waals surface area contributed by atoms with Gasteiger partial charge in [-0.15, -0.1) is 0 Å². The van der Waals surface area contributed by atoms with E-state index in [0.717, 1.165) is 52.1 Å². The maximum Gasteiger partial charge on any atom is 0.278 e. The number of aromatic amines is 1. The van der Waals surface area contributed by atoms with Crippen LogP contribution in [0.2, 0.25) is 0 Å². The van der Waals surface area contributed by atoms with Crippen LogP contribution in [-0.2, 0) is 17.6 Å². The van der Waals surface area contributed by atoms with Crippen molar-refractivity contribution in [2.24, 2.45) is 5.92 Å². The molecule has 3 aromatic carbocycles. The first-order chi connectivity index (χ1) is 24.4. The molecule has 0 amide bonds. The number of rotatable bonds is 18. The lowest BCUT2D eigenvalue weighted by atomic mass is 9.78. The number of ketones is 1. The maximum absolute atomic E-state index is 13.7. The number of aromatic hydroxyl groups is 2.